The number of carbonyl (C=O) groups excluding carboxylic acids is 2. The number of benzene rings is 2. The molecule has 166 valence electrons. The van der Waals surface area contributed by atoms with Crippen molar-refractivity contribution in [3.63, 3.8) is 0 Å². The van der Waals surface area contributed by atoms with E-state index in [0.29, 0.717) is 17.3 Å². The number of hydrogen-bond acceptors (Lipinski definition) is 6. The first-order valence-electron chi connectivity index (χ1n) is 10.4. The third-order valence-corrected chi connectivity index (χ3v) is 8.02. The second-order valence-corrected chi connectivity index (χ2v) is 10.9. The highest BCUT2D eigenvalue weighted by Gasteiger charge is 2.33. The molecular weight excluding hydrogens is 448 g/mol. The first-order chi connectivity index (χ1) is 15.3. The van der Waals surface area contributed by atoms with Gasteiger partial charge in [0.1, 0.15) is 0 Å². The van der Waals surface area contributed by atoms with Gasteiger partial charge in [-0.05, 0) is 67.4 Å². The van der Waals surface area contributed by atoms with Crippen molar-refractivity contribution in [3.8, 4) is 0 Å². The minimum Gasteiger partial charge on any atom is -0.346 e. The molecule has 1 fully saturated rings. The van der Waals surface area contributed by atoms with Gasteiger partial charge >= 0.3 is 0 Å². The van der Waals surface area contributed by atoms with Crippen LogP contribution in [0.3, 0.4) is 0 Å². The van der Waals surface area contributed by atoms with Gasteiger partial charge in [-0.2, -0.15) is 0 Å². The Balaban J connectivity index is 1.25. The topological polar surface area (TPSA) is 108 Å². The maximum Gasteiger partial charge on any atom is 0.257 e. The molecule has 32 heavy (non-hydrogen) atoms. The second kappa shape index (κ2) is 7.93. The average molecular weight is 471 g/mol. The van der Waals surface area contributed by atoms with Crippen molar-refractivity contribution in [2.24, 2.45) is 10.3 Å². The van der Waals surface area contributed by atoms with Gasteiger partial charge in [-0.1, -0.05) is 12.1 Å². The fourth-order valence-electron chi connectivity index (χ4n) is 3.68. The second-order valence-electron chi connectivity index (χ2n) is 8.18. The molecule has 1 saturated carbocycles. The number of thioether (sulfide) groups is 1. The quantitative estimate of drug-likeness (QED) is 0.695. The van der Waals surface area contributed by atoms with Crippen molar-refractivity contribution < 1.29 is 18.0 Å². The van der Waals surface area contributed by atoms with Crippen LogP contribution in [0.25, 0.3) is 0 Å². The summed E-state index contributed by atoms with van der Waals surface area (Å²) in [5.74, 6) is -0.0189. The molecule has 10 heteroatoms. The molecule has 0 aromatic heterocycles. The summed E-state index contributed by atoms with van der Waals surface area (Å²) in [6.45, 7) is 2.26. The molecule has 5 rings (SSSR count). The molecule has 2 amide bonds. The van der Waals surface area contributed by atoms with Gasteiger partial charge < -0.3 is 15.5 Å². The number of hydrogen-bond donors (Lipinski definition) is 2. The Morgan fingerprint density at radius 2 is 1.91 bits per heavy atom. The summed E-state index contributed by atoms with van der Waals surface area (Å²) >= 11 is 1.26. The molecule has 2 N–H and O–H groups in total. The highest BCUT2D eigenvalue weighted by atomic mass is 32.2. The third-order valence-electron chi connectivity index (χ3n) is 5.71. The molecule has 0 bridgehead atoms. The lowest BCUT2D eigenvalue weighted by Crippen LogP contribution is -2.35. The standard InChI is InChI=1S/C22H22N4O4S2/c1-13(14-4-7-17(8-5-14)24-20(27)15-2-3-15)23-21(28)16-6-9-18-19(12-16)31-22-25-32(29,30)11-10-26(18)22/h4-9,12-13,15H,2-3,10-11H2,1H3,(H,23,28)(H,24,27). The third kappa shape index (κ3) is 4.24. The minimum atomic E-state index is -3.42. The molecular formula is C22H22N4O4S2. The van der Waals surface area contributed by atoms with Crippen LogP contribution >= 0.6 is 11.8 Å². The predicted molar refractivity (Wildman–Crippen MR) is 125 cm³/mol. The van der Waals surface area contributed by atoms with E-state index in [0.717, 1.165) is 34.7 Å². The Labute approximate surface area is 190 Å². The van der Waals surface area contributed by atoms with Crippen molar-refractivity contribution in [1.29, 1.82) is 0 Å². The predicted octanol–water partition coefficient (Wildman–Crippen LogP) is 3.14. The maximum absolute atomic E-state index is 12.8. The van der Waals surface area contributed by atoms with Gasteiger partial charge in [-0.25, -0.2) is 8.42 Å². The summed E-state index contributed by atoms with van der Waals surface area (Å²) in [5.41, 5.74) is 3.05. The molecule has 0 radical (unpaired) electrons. The number of sulfonamides is 1. The molecule has 0 saturated heterocycles. The van der Waals surface area contributed by atoms with E-state index in [1.54, 1.807) is 12.1 Å². The molecule has 1 unspecified atom stereocenters. The SMILES string of the molecule is CC(NC(=O)c1ccc2c(c1)SC1=NS(=O)(=O)CCN12)c1ccc(NC(=O)C2CC2)cc1. The summed E-state index contributed by atoms with van der Waals surface area (Å²) in [7, 11) is -3.42. The van der Waals surface area contributed by atoms with Gasteiger partial charge in [-0.15, -0.1) is 4.40 Å². The van der Waals surface area contributed by atoms with Crippen LogP contribution in [0.4, 0.5) is 11.4 Å². The number of carbonyl (C=O) groups is 2. The molecule has 2 aliphatic heterocycles. The first-order valence-corrected chi connectivity index (χ1v) is 12.9. The number of anilines is 2. The molecule has 1 atom stereocenters. The van der Waals surface area contributed by atoms with Crippen molar-refractivity contribution in [2.45, 2.75) is 30.7 Å². The largest absolute Gasteiger partial charge is 0.346 e. The molecule has 8 nitrogen and oxygen atoms in total. The van der Waals surface area contributed by atoms with Crippen LogP contribution in [0.1, 0.15) is 41.7 Å². The maximum atomic E-state index is 12.8. The van der Waals surface area contributed by atoms with Crippen LogP contribution in [-0.2, 0) is 14.8 Å². The summed E-state index contributed by atoms with van der Waals surface area (Å²) < 4.78 is 27.4. The van der Waals surface area contributed by atoms with Gasteiger partial charge in [0.05, 0.1) is 17.5 Å². The van der Waals surface area contributed by atoms with E-state index in [9.17, 15) is 18.0 Å². The van der Waals surface area contributed by atoms with Crippen molar-refractivity contribution >= 4 is 50.1 Å². The fraction of sp³-hybridized carbons (Fsp3) is 0.318. The van der Waals surface area contributed by atoms with E-state index < -0.39 is 10.0 Å². The summed E-state index contributed by atoms with van der Waals surface area (Å²) in [4.78, 5) is 27.4. The number of nitrogens with one attached hydrogen (secondary N) is 2. The Bertz CT molecular complexity index is 1240. The number of amidine groups is 1. The van der Waals surface area contributed by atoms with Gasteiger partial charge in [-0.3, -0.25) is 9.59 Å². The van der Waals surface area contributed by atoms with Gasteiger partial charge in [0.25, 0.3) is 15.9 Å². The van der Waals surface area contributed by atoms with E-state index in [1.165, 1.54) is 11.8 Å². The van der Waals surface area contributed by atoms with E-state index in [1.807, 2.05) is 42.2 Å². The average Bonchev–Trinajstić information content (AvgIpc) is 3.54. The van der Waals surface area contributed by atoms with Crippen LogP contribution in [0.5, 0.6) is 0 Å². The molecule has 0 spiro atoms. The first kappa shape index (κ1) is 21.0. The lowest BCUT2D eigenvalue weighted by atomic mass is 10.1. The van der Waals surface area contributed by atoms with Crippen LogP contribution < -0.4 is 15.5 Å². The fourth-order valence-corrected chi connectivity index (χ4v) is 5.98. The molecule has 3 aliphatic rings. The van der Waals surface area contributed by atoms with E-state index in [-0.39, 0.29) is 29.5 Å². The Hall–Kier alpha value is -2.85. The molecule has 2 aromatic carbocycles. The normalized spacial score (nSPS) is 19.4. The lowest BCUT2D eigenvalue weighted by molar-refractivity contribution is -0.117. The van der Waals surface area contributed by atoms with E-state index >= 15 is 0 Å². The minimum absolute atomic E-state index is 0.0146. The van der Waals surface area contributed by atoms with E-state index in [2.05, 4.69) is 15.0 Å². The number of nitrogens with zero attached hydrogens (tertiary/aromatic N) is 2. The van der Waals surface area contributed by atoms with Crippen LogP contribution in [0.15, 0.2) is 51.8 Å². The molecule has 1 aliphatic carbocycles. The highest BCUT2D eigenvalue weighted by molar-refractivity contribution is 8.15. The molecule has 2 heterocycles. The van der Waals surface area contributed by atoms with Crippen LogP contribution in [-0.4, -0.2) is 37.7 Å². The van der Waals surface area contributed by atoms with Gasteiger partial charge in [0.15, 0.2) is 5.17 Å². The molecule has 2 aromatic rings. The Morgan fingerprint density at radius 1 is 1.16 bits per heavy atom. The Morgan fingerprint density at radius 3 is 2.62 bits per heavy atom. The van der Waals surface area contributed by atoms with Crippen LogP contribution in [0.2, 0.25) is 0 Å². The summed E-state index contributed by atoms with van der Waals surface area (Å²) in [5, 5.41) is 6.34. The monoisotopic (exact) mass is 470 g/mol. The van der Waals surface area contributed by atoms with Gasteiger partial charge in [0, 0.05) is 28.6 Å². The zero-order valence-corrected chi connectivity index (χ0v) is 19.0. The van der Waals surface area contributed by atoms with Gasteiger partial charge in [0.2, 0.25) is 5.91 Å². The highest BCUT2D eigenvalue weighted by Crippen LogP contribution is 2.42. The number of fused-ring (bicyclic) bond motifs is 3. The number of amides is 2. The van der Waals surface area contributed by atoms with E-state index in [4.69, 9.17) is 0 Å². The van der Waals surface area contributed by atoms with Crippen molar-refractivity contribution in [1.82, 2.24) is 5.32 Å². The zero-order valence-electron chi connectivity index (χ0n) is 17.4. The zero-order chi connectivity index (χ0) is 22.5. The van der Waals surface area contributed by atoms with Crippen LogP contribution in [0, 0.1) is 5.92 Å². The van der Waals surface area contributed by atoms with Crippen molar-refractivity contribution in [2.75, 3.05) is 22.5 Å². The summed E-state index contributed by atoms with van der Waals surface area (Å²) in [6, 6.07) is 12.6. The Kier molecular flexibility index (Phi) is 5.21. The van der Waals surface area contributed by atoms with Crippen molar-refractivity contribution in [3.05, 3.63) is 53.6 Å². The summed E-state index contributed by atoms with van der Waals surface area (Å²) in [6.07, 6.45) is 1.92. The number of rotatable bonds is 5. The smallest absolute Gasteiger partial charge is 0.257 e. The lowest BCUT2D eigenvalue weighted by Gasteiger charge is -2.22.